The van der Waals surface area contributed by atoms with Crippen LogP contribution in [0.5, 0.6) is 0 Å². The molecule has 2 saturated heterocycles. The topological polar surface area (TPSA) is 53.6 Å². The zero-order chi connectivity index (χ0) is 16.3. The average molecular weight is 311 g/mol. The number of nitrogens with one attached hydrogen (secondary N) is 2. The predicted octanol–water partition coefficient (Wildman–Crippen LogP) is 2.50. The molecule has 2 rings (SSSR count). The third-order valence-electron chi connectivity index (χ3n) is 4.95. The Labute approximate surface area is 135 Å². The molecule has 2 fully saturated rings. The van der Waals surface area contributed by atoms with Crippen molar-refractivity contribution in [3.05, 3.63) is 0 Å². The number of hydrogen-bond donors (Lipinski definition) is 2. The fraction of sp³-hybridized carbons (Fsp3) is 0.941. The van der Waals surface area contributed by atoms with E-state index in [1.165, 1.54) is 25.7 Å². The summed E-state index contributed by atoms with van der Waals surface area (Å²) in [5.41, 5.74) is -0.438. The van der Waals surface area contributed by atoms with Crippen molar-refractivity contribution in [3.8, 4) is 0 Å². The van der Waals surface area contributed by atoms with E-state index in [1.807, 2.05) is 20.8 Å². The molecule has 22 heavy (non-hydrogen) atoms. The molecule has 2 bridgehead atoms. The Morgan fingerprint density at radius 2 is 1.86 bits per heavy atom. The van der Waals surface area contributed by atoms with Crippen LogP contribution in [0.15, 0.2) is 0 Å². The van der Waals surface area contributed by atoms with Gasteiger partial charge in [0.25, 0.3) is 0 Å². The van der Waals surface area contributed by atoms with E-state index in [1.54, 1.807) is 0 Å². The van der Waals surface area contributed by atoms with E-state index in [-0.39, 0.29) is 6.09 Å². The minimum atomic E-state index is -0.438. The number of amides is 1. The van der Waals surface area contributed by atoms with Gasteiger partial charge >= 0.3 is 6.09 Å². The maximum Gasteiger partial charge on any atom is 0.407 e. The van der Waals surface area contributed by atoms with Gasteiger partial charge in [-0.25, -0.2) is 4.79 Å². The first-order valence-corrected chi connectivity index (χ1v) is 8.73. The van der Waals surface area contributed by atoms with Gasteiger partial charge in [-0.2, -0.15) is 0 Å². The molecule has 3 atom stereocenters. The minimum Gasteiger partial charge on any atom is -0.444 e. The first-order chi connectivity index (χ1) is 10.3. The zero-order valence-electron chi connectivity index (χ0n) is 14.8. The molecule has 2 aliphatic heterocycles. The fourth-order valence-electron chi connectivity index (χ4n) is 3.72. The number of ether oxygens (including phenoxy) is 1. The van der Waals surface area contributed by atoms with Crippen molar-refractivity contribution < 1.29 is 9.53 Å². The lowest BCUT2D eigenvalue weighted by Crippen LogP contribution is -2.52. The lowest BCUT2D eigenvalue weighted by molar-refractivity contribution is 0.0519. The van der Waals surface area contributed by atoms with Gasteiger partial charge in [0.05, 0.1) is 0 Å². The molecule has 3 unspecified atom stereocenters. The molecule has 2 heterocycles. The number of rotatable bonds is 5. The number of nitrogens with zero attached hydrogens (tertiary/aromatic N) is 1. The summed E-state index contributed by atoms with van der Waals surface area (Å²) in [6, 6.07) is 2.39. The lowest BCUT2D eigenvalue weighted by atomic mass is 9.97. The van der Waals surface area contributed by atoms with E-state index in [0.29, 0.717) is 18.6 Å². The molecule has 128 valence electrons. The molecule has 2 N–H and O–H groups in total. The van der Waals surface area contributed by atoms with Crippen molar-refractivity contribution >= 4 is 6.09 Å². The van der Waals surface area contributed by atoms with Crippen molar-refractivity contribution in [2.24, 2.45) is 0 Å². The highest BCUT2D eigenvalue weighted by atomic mass is 16.6. The molecular formula is C17H33N3O2. The Morgan fingerprint density at radius 1 is 1.27 bits per heavy atom. The highest BCUT2D eigenvalue weighted by molar-refractivity contribution is 5.67. The Morgan fingerprint density at radius 3 is 2.36 bits per heavy atom. The van der Waals surface area contributed by atoms with Crippen LogP contribution in [0.3, 0.4) is 0 Å². The number of alkyl carbamates (subject to hydrolysis) is 1. The number of carbonyl (C=O) groups is 1. The van der Waals surface area contributed by atoms with Gasteiger partial charge in [0.1, 0.15) is 5.60 Å². The first kappa shape index (κ1) is 17.5. The number of piperidine rings is 1. The van der Waals surface area contributed by atoms with Crippen LogP contribution in [-0.2, 0) is 4.74 Å². The third-order valence-corrected chi connectivity index (χ3v) is 4.95. The van der Waals surface area contributed by atoms with E-state index in [9.17, 15) is 4.79 Å². The monoisotopic (exact) mass is 311 g/mol. The Balaban J connectivity index is 1.75. The van der Waals surface area contributed by atoms with Crippen LogP contribution in [0.25, 0.3) is 0 Å². The van der Waals surface area contributed by atoms with Crippen LogP contribution in [0.4, 0.5) is 4.79 Å². The number of carbonyl (C=O) groups excluding carboxylic acids is 1. The Kier molecular flexibility index (Phi) is 5.72. The molecule has 0 radical (unpaired) electrons. The molecule has 0 saturated carbocycles. The molecule has 1 amide bonds. The Hall–Kier alpha value is -0.810. The van der Waals surface area contributed by atoms with Crippen LogP contribution >= 0.6 is 0 Å². The smallest absolute Gasteiger partial charge is 0.407 e. The van der Waals surface area contributed by atoms with Gasteiger partial charge in [-0.1, -0.05) is 6.92 Å². The molecular weight excluding hydrogens is 278 g/mol. The minimum absolute atomic E-state index is 0.320. The second-order valence-electron chi connectivity index (χ2n) is 7.87. The highest BCUT2D eigenvalue weighted by Gasteiger charge is 2.38. The first-order valence-electron chi connectivity index (χ1n) is 8.73. The second kappa shape index (κ2) is 7.18. The van der Waals surface area contributed by atoms with Gasteiger partial charge in [0, 0.05) is 30.7 Å². The van der Waals surface area contributed by atoms with Crippen molar-refractivity contribution in [3.63, 3.8) is 0 Å². The van der Waals surface area contributed by atoms with E-state index in [0.717, 1.165) is 18.5 Å². The number of hydrogen-bond acceptors (Lipinski definition) is 4. The van der Waals surface area contributed by atoms with Gasteiger partial charge in [-0.3, -0.25) is 0 Å². The molecule has 0 aromatic rings. The molecule has 5 heteroatoms. The van der Waals surface area contributed by atoms with Crippen LogP contribution in [-0.4, -0.2) is 54.4 Å². The largest absolute Gasteiger partial charge is 0.444 e. The van der Waals surface area contributed by atoms with Crippen molar-refractivity contribution in [2.75, 3.05) is 13.6 Å². The van der Waals surface area contributed by atoms with E-state index in [4.69, 9.17) is 4.74 Å². The average Bonchev–Trinajstić information content (AvgIpc) is 2.63. The SMILES string of the molecule is CCC(CNC(=O)OC(C)(C)C)NC1CC2CCC(C1)N2C. The van der Waals surface area contributed by atoms with Gasteiger partial charge in [-0.05, 0) is 59.9 Å². The summed E-state index contributed by atoms with van der Waals surface area (Å²) in [4.78, 5) is 14.3. The van der Waals surface area contributed by atoms with Crippen LogP contribution < -0.4 is 10.6 Å². The zero-order valence-corrected chi connectivity index (χ0v) is 14.8. The maximum absolute atomic E-state index is 11.8. The summed E-state index contributed by atoms with van der Waals surface area (Å²) in [6.45, 7) is 8.45. The maximum atomic E-state index is 11.8. The third kappa shape index (κ3) is 4.85. The summed E-state index contributed by atoms with van der Waals surface area (Å²) >= 11 is 0. The standard InChI is InChI=1S/C17H33N3O2/c1-6-12(11-18-16(21)22-17(2,3)4)19-13-9-14-7-8-15(10-13)20(14)5/h12-15,19H,6-11H2,1-5H3,(H,18,21). The molecule has 0 aliphatic carbocycles. The van der Waals surface area contributed by atoms with Crippen LogP contribution in [0.2, 0.25) is 0 Å². The van der Waals surface area contributed by atoms with Crippen molar-refractivity contribution in [1.82, 2.24) is 15.5 Å². The predicted molar refractivity (Wildman–Crippen MR) is 89.0 cm³/mol. The lowest BCUT2D eigenvalue weighted by Gasteiger charge is -2.38. The normalized spacial score (nSPS) is 30.1. The van der Waals surface area contributed by atoms with Crippen LogP contribution in [0, 0.1) is 0 Å². The van der Waals surface area contributed by atoms with E-state index in [2.05, 4.69) is 29.5 Å². The molecule has 0 spiro atoms. The summed E-state index contributed by atoms with van der Waals surface area (Å²) in [7, 11) is 2.26. The molecule has 0 aromatic carbocycles. The fourth-order valence-corrected chi connectivity index (χ4v) is 3.72. The quantitative estimate of drug-likeness (QED) is 0.819. The summed E-state index contributed by atoms with van der Waals surface area (Å²) in [5.74, 6) is 0. The molecule has 0 aromatic heterocycles. The Bertz CT molecular complexity index is 367. The van der Waals surface area contributed by atoms with E-state index >= 15 is 0 Å². The van der Waals surface area contributed by atoms with E-state index < -0.39 is 5.60 Å². The van der Waals surface area contributed by atoms with Crippen LogP contribution in [0.1, 0.15) is 59.8 Å². The highest BCUT2D eigenvalue weighted by Crippen LogP contribution is 2.34. The van der Waals surface area contributed by atoms with Gasteiger partial charge in [0.2, 0.25) is 0 Å². The second-order valence-corrected chi connectivity index (χ2v) is 7.87. The van der Waals surface area contributed by atoms with Crippen molar-refractivity contribution in [2.45, 2.75) is 89.6 Å². The molecule has 5 nitrogen and oxygen atoms in total. The summed E-state index contributed by atoms with van der Waals surface area (Å²) < 4.78 is 5.30. The van der Waals surface area contributed by atoms with Crippen molar-refractivity contribution in [1.29, 1.82) is 0 Å². The molecule has 2 aliphatic rings. The van der Waals surface area contributed by atoms with Gasteiger partial charge < -0.3 is 20.3 Å². The van der Waals surface area contributed by atoms with Gasteiger partial charge in [-0.15, -0.1) is 0 Å². The van der Waals surface area contributed by atoms with Gasteiger partial charge in [0.15, 0.2) is 0 Å². The summed E-state index contributed by atoms with van der Waals surface area (Å²) in [5, 5.41) is 6.64. The summed E-state index contributed by atoms with van der Waals surface area (Å²) in [6.07, 6.45) is 5.83. The number of fused-ring (bicyclic) bond motifs is 2.